The Kier molecular flexibility index (Phi) is 6.99. The number of hydrogen-bond acceptors (Lipinski definition) is 8. The summed E-state index contributed by atoms with van der Waals surface area (Å²) < 4.78 is 50.3. The Morgan fingerprint density at radius 2 is 1.56 bits per heavy atom. The average molecular weight is 495 g/mol. The zero-order chi connectivity index (χ0) is 24.5. The van der Waals surface area contributed by atoms with E-state index in [2.05, 4.69) is 21.8 Å². The van der Waals surface area contributed by atoms with Crippen molar-refractivity contribution < 1.29 is 22.0 Å². The van der Waals surface area contributed by atoms with E-state index in [-0.39, 0.29) is 5.56 Å². The van der Waals surface area contributed by atoms with Gasteiger partial charge in [0.25, 0.3) is 5.91 Å². The van der Waals surface area contributed by atoms with E-state index in [0.717, 1.165) is 43.8 Å². The van der Waals surface area contributed by atoms with E-state index in [1.54, 1.807) is 0 Å². The number of sulfone groups is 1. The van der Waals surface area contributed by atoms with Crippen LogP contribution < -0.4 is 9.80 Å². The number of amides is 1. The number of rotatable bonds is 5. The largest absolute Gasteiger partial charge is 0.354 e. The molecule has 3 heterocycles. The number of carbonyl (C=O) groups excluding carboxylic acids is 1. The molecule has 0 bridgehead atoms. The molecule has 2 aliphatic heterocycles. The molecule has 0 spiro atoms. The van der Waals surface area contributed by atoms with Gasteiger partial charge in [-0.3, -0.25) is 4.79 Å². The van der Waals surface area contributed by atoms with Gasteiger partial charge in [0.05, 0.1) is 10.5 Å². The van der Waals surface area contributed by atoms with Crippen LogP contribution in [-0.2, 0) is 9.84 Å². The molecule has 0 radical (unpaired) electrons. The quantitative estimate of drug-likeness (QED) is 0.618. The summed E-state index contributed by atoms with van der Waals surface area (Å²) in [4.78, 5) is 29.7. The lowest BCUT2D eigenvalue weighted by atomic mass is 10.2. The van der Waals surface area contributed by atoms with Crippen molar-refractivity contribution in [3.8, 4) is 0 Å². The lowest BCUT2D eigenvalue weighted by molar-refractivity contribution is 0.0742. The van der Waals surface area contributed by atoms with Gasteiger partial charge in [-0.25, -0.2) is 13.4 Å². The molecule has 0 saturated carbocycles. The summed E-state index contributed by atoms with van der Waals surface area (Å²) in [5.41, 5.74) is 0.615. The van der Waals surface area contributed by atoms with Gasteiger partial charge >= 0.3 is 5.76 Å². The number of anilines is 2. The maximum atomic E-state index is 13.1. The summed E-state index contributed by atoms with van der Waals surface area (Å²) in [6.07, 6.45) is 0. The number of benzene rings is 1. The van der Waals surface area contributed by atoms with Gasteiger partial charge in [-0.1, -0.05) is 12.1 Å². The minimum absolute atomic E-state index is 0.236. The Hall–Kier alpha value is -2.86. The van der Waals surface area contributed by atoms with Gasteiger partial charge < -0.3 is 19.6 Å². The van der Waals surface area contributed by atoms with E-state index in [0.29, 0.717) is 32.1 Å². The molecular formula is C22H28F2N6O3S. The van der Waals surface area contributed by atoms with Crippen LogP contribution in [0.25, 0.3) is 0 Å². The average Bonchev–Trinajstić information content (AvgIpc) is 2.83. The van der Waals surface area contributed by atoms with Crippen LogP contribution in [0.5, 0.6) is 0 Å². The van der Waals surface area contributed by atoms with Crippen LogP contribution >= 0.6 is 0 Å². The first kappa shape index (κ1) is 24.3. The SMILES string of the molecule is Cc1cc(N2CCN(C)CC2)nc(N2CCN(C(=O)c3ccccc3S(=O)(=O)C(F)F)CC2)n1. The van der Waals surface area contributed by atoms with Crippen LogP contribution in [0.2, 0.25) is 0 Å². The molecule has 2 saturated heterocycles. The Morgan fingerprint density at radius 1 is 0.941 bits per heavy atom. The van der Waals surface area contributed by atoms with Crippen LogP contribution in [0, 0.1) is 6.92 Å². The van der Waals surface area contributed by atoms with Crippen molar-refractivity contribution in [2.75, 3.05) is 69.2 Å². The normalized spacial score (nSPS) is 18.0. The van der Waals surface area contributed by atoms with E-state index < -0.39 is 26.4 Å². The Bertz CT molecular complexity index is 1150. The second-order valence-electron chi connectivity index (χ2n) is 8.54. The fourth-order valence-corrected chi connectivity index (χ4v) is 5.06. The summed E-state index contributed by atoms with van der Waals surface area (Å²) in [5.74, 6) is -2.71. The van der Waals surface area contributed by atoms with Crippen molar-refractivity contribution in [1.29, 1.82) is 0 Å². The first-order valence-corrected chi connectivity index (χ1v) is 12.7. The van der Waals surface area contributed by atoms with Crippen molar-refractivity contribution >= 4 is 27.5 Å². The number of aryl methyl sites for hydroxylation is 1. The Morgan fingerprint density at radius 3 is 2.21 bits per heavy atom. The number of hydrogen-bond donors (Lipinski definition) is 0. The van der Waals surface area contributed by atoms with Crippen molar-refractivity contribution in [2.24, 2.45) is 0 Å². The highest BCUT2D eigenvalue weighted by molar-refractivity contribution is 7.91. The summed E-state index contributed by atoms with van der Waals surface area (Å²) in [6.45, 7) is 7.09. The number of likely N-dealkylation sites (N-methyl/N-ethyl adjacent to an activating group) is 1. The maximum Gasteiger partial charge on any atom is 0.341 e. The highest BCUT2D eigenvalue weighted by Crippen LogP contribution is 2.25. The van der Waals surface area contributed by atoms with Crippen LogP contribution in [0.1, 0.15) is 16.1 Å². The van der Waals surface area contributed by atoms with Crippen molar-refractivity contribution in [3.63, 3.8) is 0 Å². The summed E-state index contributed by atoms with van der Waals surface area (Å²) in [6, 6.07) is 7.09. The smallest absolute Gasteiger partial charge is 0.341 e. The molecule has 0 N–H and O–H groups in total. The van der Waals surface area contributed by atoms with Gasteiger partial charge in [-0.15, -0.1) is 0 Å². The molecule has 34 heavy (non-hydrogen) atoms. The van der Waals surface area contributed by atoms with Crippen molar-refractivity contribution in [1.82, 2.24) is 19.8 Å². The maximum absolute atomic E-state index is 13.1. The molecule has 12 heteroatoms. The van der Waals surface area contributed by atoms with Gasteiger partial charge in [0.15, 0.2) is 0 Å². The lowest BCUT2D eigenvalue weighted by Gasteiger charge is -2.36. The molecule has 2 fully saturated rings. The molecule has 184 valence electrons. The Balaban J connectivity index is 1.47. The number of carbonyl (C=O) groups is 1. The van der Waals surface area contributed by atoms with E-state index in [4.69, 9.17) is 4.98 Å². The van der Waals surface area contributed by atoms with E-state index >= 15 is 0 Å². The number of nitrogens with zero attached hydrogens (tertiary/aromatic N) is 6. The molecule has 4 rings (SSSR count). The number of aromatic nitrogens is 2. The molecule has 2 aliphatic rings. The van der Waals surface area contributed by atoms with E-state index in [9.17, 15) is 22.0 Å². The second kappa shape index (κ2) is 9.79. The van der Waals surface area contributed by atoms with Gasteiger partial charge in [0.1, 0.15) is 5.82 Å². The molecule has 0 aliphatic carbocycles. The van der Waals surface area contributed by atoms with Crippen molar-refractivity contribution in [2.45, 2.75) is 17.6 Å². The highest BCUT2D eigenvalue weighted by atomic mass is 32.2. The molecule has 1 amide bonds. The van der Waals surface area contributed by atoms with Crippen LogP contribution in [0.15, 0.2) is 35.2 Å². The summed E-state index contributed by atoms with van der Waals surface area (Å²) in [5, 5.41) is 0. The monoisotopic (exact) mass is 494 g/mol. The van der Waals surface area contributed by atoms with Gasteiger partial charge in [0, 0.05) is 64.1 Å². The van der Waals surface area contributed by atoms with Crippen LogP contribution in [-0.4, -0.2) is 99.3 Å². The van der Waals surface area contributed by atoms with Crippen molar-refractivity contribution in [3.05, 3.63) is 41.6 Å². The molecular weight excluding hydrogens is 466 g/mol. The number of halogens is 2. The molecule has 0 atom stereocenters. The molecule has 1 aromatic heterocycles. The number of alkyl halides is 2. The molecule has 2 aromatic rings. The third-order valence-electron chi connectivity index (χ3n) is 6.16. The molecule has 9 nitrogen and oxygen atoms in total. The van der Waals surface area contributed by atoms with E-state index in [1.807, 2.05) is 17.9 Å². The standard InChI is InChI=1S/C22H28F2N6O3S/c1-16-15-19(28-9-7-27(2)8-10-28)26-22(25-16)30-13-11-29(12-14-30)20(31)17-5-3-4-6-18(17)34(32,33)21(23)24/h3-6,15,21H,7-14H2,1-2H3. The minimum Gasteiger partial charge on any atom is -0.354 e. The van der Waals surface area contributed by atoms with Gasteiger partial charge in [-0.2, -0.15) is 13.8 Å². The zero-order valence-electron chi connectivity index (χ0n) is 19.2. The summed E-state index contributed by atoms with van der Waals surface area (Å²) >= 11 is 0. The number of piperazine rings is 2. The Labute approximate surface area is 197 Å². The summed E-state index contributed by atoms with van der Waals surface area (Å²) in [7, 11) is -2.79. The topological polar surface area (TPSA) is 90.0 Å². The van der Waals surface area contributed by atoms with Gasteiger partial charge in [0.2, 0.25) is 15.8 Å². The fraction of sp³-hybridized carbons (Fsp3) is 0.500. The van der Waals surface area contributed by atoms with E-state index in [1.165, 1.54) is 23.1 Å². The predicted molar refractivity (Wildman–Crippen MR) is 124 cm³/mol. The third-order valence-corrected chi connectivity index (χ3v) is 7.60. The fourth-order valence-electron chi connectivity index (χ4n) is 4.14. The molecule has 1 aromatic carbocycles. The zero-order valence-corrected chi connectivity index (χ0v) is 20.0. The predicted octanol–water partition coefficient (Wildman–Crippen LogP) is 1.50. The van der Waals surface area contributed by atoms with Crippen LogP contribution in [0.3, 0.4) is 0 Å². The minimum atomic E-state index is -4.89. The van der Waals surface area contributed by atoms with Gasteiger partial charge in [-0.05, 0) is 26.1 Å². The van der Waals surface area contributed by atoms with Crippen LogP contribution in [0.4, 0.5) is 20.5 Å². The third kappa shape index (κ3) is 4.97. The second-order valence-corrected chi connectivity index (χ2v) is 10.4. The molecule has 0 unspecified atom stereocenters. The highest BCUT2D eigenvalue weighted by Gasteiger charge is 2.33. The first-order valence-electron chi connectivity index (χ1n) is 11.1. The first-order chi connectivity index (χ1) is 16.2. The lowest BCUT2D eigenvalue weighted by Crippen LogP contribution is -2.49.